The largest absolute Gasteiger partial charge is 0.354 e. The molecule has 4 aliphatic carbocycles. The first-order valence-electron chi connectivity index (χ1n) is 10.2. The average Bonchev–Trinajstić information content (AvgIpc) is 2.89. The number of hydrogen-bond acceptors (Lipinski definition) is 1. The van der Waals surface area contributed by atoms with Gasteiger partial charge in [0.05, 0.1) is 0 Å². The summed E-state index contributed by atoms with van der Waals surface area (Å²) in [6.07, 6.45) is 14.1. The van der Waals surface area contributed by atoms with Gasteiger partial charge in [0.2, 0.25) is 5.91 Å². The number of carbonyl (C=O) groups is 1. The van der Waals surface area contributed by atoms with Crippen molar-refractivity contribution in [1.29, 1.82) is 0 Å². The highest BCUT2D eigenvalue weighted by Crippen LogP contribution is 2.66. The lowest BCUT2D eigenvalue weighted by molar-refractivity contribution is -0.124. The molecule has 4 fully saturated rings. The molecule has 1 N–H and O–H groups in total. The number of rotatable bonds is 1. The van der Waals surface area contributed by atoms with Gasteiger partial charge in [0.15, 0.2) is 0 Å². The lowest BCUT2D eigenvalue weighted by Gasteiger charge is -2.60. The highest BCUT2D eigenvalue weighted by molar-refractivity contribution is 5.73. The quantitative estimate of drug-likeness (QED) is 0.730. The van der Waals surface area contributed by atoms with E-state index in [4.69, 9.17) is 0 Å². The first kappa shape index (κ1) is 16.0. The smallest absolute Gasteiger partial charge is 0.217 e. The van der Waals surface area contributed by atoms with E-state index in [-0.39, 0.29) is 5.91 Å². The van der Waals surface area contributed by atoms with E-state index in [0.29, 0.717) is 16.9 Å². The van der Waals surface area contributed by atoms with Crippen molar-refractivity contribution in [1.82, 2.24) is 5.32 Å². The van der Waals surface area contributed by atoms with Crippen LogP contribution in [0.4, 0.5) is 0 Å². The van der Waals surface area contributed by atoms with E-state index in [9.17, 15) is 4.79 Å². The van der Waals surface area contributed by atoms with E-state index in [1.54, 1.807) is 6.92 Å². The van der Waals surface area contributed by atoms with Gasteiger partial charge in [-0.1, -0.05) is 20.3 Å². The Morgan fingerprint density at radius 1 is 0.957 bits per heavy atom. The molecule has 0 aromatic rings. The number of carbonyl (C=O) groups excluding carboxylic acids is 1. The number of hydrogen-bond donors (Lipinski definition) is 1. The van der Waals surface area contributed by atoms with Crippen LogP contribution in [0.1, 0.15) is 85.0 Å². The molecule has 2 nitrogen and oxygen atoms in total. The summed E-state index contributed by atoms with van der Waals surface area (Å²) in [7, 11) is 0. The van der Waals surface area contributed by atoms with Crippen molar-refractivity contribution in [3.63, 3.8) is 0 Å². The zero-order valence-corrected chi connectivity index (χ0v) is 15.4. The molecule has 0 aromatic carbocycles. The minimum atomic E-state index is 0.159. The second-order valence-electron chi connectivity index (χ2n) is 9.91. The standard InChI is InChI=1S/C21H35NO/c1-14(23)22-16-8-12-21(3)15(13-16)6-7-17-18-5-4-10-20(18,2)11-9-19(17)21/h15-19H,4-13H2,1-3H3,(H,22,23)/t15-,16?,17-,18-,19-,20-,21-/m0/s1. The van der Waals surface area contributed by atoms with Crippen molar-refractivity contribution in [2.24, 2.45) is 34.5 Å². The summed E-state index contributed by atoms with van der Waals surface area (Å²) < 4.78 is 0. The van der Waals surface area contributed by atoms with Crippen LogP contribution in [0.2, 0.25) is 0 Å². The minimum absolute atomic E-state index is 0.159. The Morgan fingerprint density at radius 3 is 2.57 bits per heavy atom. The molecular weight excluding hydrogens is 282 g/mol. The Hall–Kier alpha value is -0.530. The fraction of sp³-hybridized carbons (Fsp3) is 0.952. The van der Waals surface area contributed by atoms with E-state index < -0.39 is 0 Å². The van der Waals surface area contributed by atoms with E-state index in [1.165, 1.54) is 64.2 Å². The van der Waals surface area contributed by atoms with Crippen LogP contribution in [0.5, 0.6) is 0 Å². The van der Waals surface area contributed by atoms with Crippen molar-refractivity contribution in [2.75, 3.05) is 0 Å². The number of amides is 1. The molecular formula is C21H35NO. The SMILES string of the molecule is CC(=O)NC1CC[C@@]2(C)[C@@H](CC[C@H]3[C@@H]4CCC[C@@]4(C)CC[C@@H]32)C1. The molecule has 0 aromatic heterocycles. The Bertz CT molecular complexity index is 488. The summed E-state index contributed by atoms with van der Waals surface area (Å²) in [5.74, 6) is 4.00. The van der Waals surface area contributed by atoms with Crippen LogP contribution in [0.3, 0.4) is 0 Å². The molecule has 4 aliphatic rings. The predicted molar refractivity (Wildman–Crippen MR) is 93.9 cm³/mol. The van der Waals surface area contributed by atoms with Crippen LogP contribution >= 0.6 is 0 Å². The zero-order valence-electron chi connectivity index (χ0n) is 15.4. The molecule has 23 heavy (non-hydrogen) atoms. The molecule has 130 valence electrons. The van der Waals surface area contributed by atoms with Gasteiger partial charge in [0.25, 0.3) is 0 Å². The molecule has 0 saturated heterocycles. The molecule has 0 spiro atoms. The molecule has 0 radical (unpaired) electrons. The topological polar surface area (TPSA) is 29.1 Å². The molecule has 7 atom stereocenters. The number of fused-ring (bicyclic) bond motifs is 5. The third-order valence-corrected chi connectivity index (χ3v) is 8.85. The van der Waals surface area contributed by atoms with Crippen molar-refractivity contribution in [3.05, 3.63) is 0 Å². The van der Waals surface area contributed by atoms with E-state index >= 15 is 0 Å². The monoisotopic (exact) mass is 317 g/mol. The van der Waals surface area contributed by atoms with Gasteiger partial charge in [0.1, 0.15) is 0 Å². The van der Waals surface area contributed by atoms with E-state index in [0.717, 1.165) is 23.7 Å². The first-order chi connectivity index (χ1) is 10.9. The second-order valence-corrected chi connectivity index (χ2v) is 9.91. The second kappa shape index (κ2) is 5.49. The summed E-state index contributed by atoms with van der Waals surface area (Å²) >= 11 is 0. The number of nitrogens with one attached hydrogen (secondary N) is 1. The van der Waals surface area contributed by atoms with Crippen molar-refractivity contribution in [2.45, 2.75) is 91.0 Å². The fourth-order valence-corrected chi connectivity index (χ4v) is 7.67. The summed E-state index contributed by atoms with van der Waals surface area (Å²) in [5, 5.41) is 3.21. The first-order valence-corrected chi connectivity index (χ1v) is 10.2. The normalized spacial score (nSPS) is 52.2. The maximum absolute atomic E-state index is 11.4. The lowest BCUT2D eigenvalue weighted by atomic mass is 9.45. The summed E-state index contributed by atoms with van der Waals surface area (Å²) in [6.45, 7) is 6.89. The van der Waals surface area contributed by atoms with Crippen LogP contribution in [-0.4, -0.2) is 11.9 Å². The molecule has 0 bridgehead atoms. The third-order valence-electron chi connectivity index (χ3n) is 8.85. The van der Waals surface area contributed by atoms with Crippen LogP contribution in [0.25, 0.3) is 0 Å². The van der Waals surface area contributed by atoms with Crippen LogP contribution in [0.15, 0.2) is 0 Å². The van der Waals surface area contributed by atoms with Crippen LogP contribution < -0.4 is 5.32 Å². The Morgan fingerprint density at radius 2 is 1.78 bits per heavy atom. The molecule has 0 aliphatic heterocycles. The Labute approximate surface area is 142 Å². The van der Waals surface area contributed by atoms with Gasteiger partial charge in [-0.2, -0.15) is 0 Å². The van der Waals surface area contributed by atoms with Gasteiger partial charge in [-0.05, 0) is 92.3 Å². The molecule has 1 unspecified atom stereocenters. The molecule has 4 rings (SSSR count). The minimum Gasteiger partial charge on any atom is -0.354 e. The maximum Gasteiger partial charge on any atom is 0.217 e. The molecule has 0 heterocycles. The van der Waals surface area contributed by atoms with Crippen molar-refractivity contribution in [3.8, 4) is 0 Å². The predicted octanol–water partition coefficient (Wildman–Crippen LogP) is 4.92. The summed E-state index contributed by atoms with van der Waals surface area (Å²) in [5.41, 5.74) is 1.24. The fourth-order valence-electron chi connectivity index (χ4n) is 7.67. The van der Waals surface area contributed by atoms with E-state index in [1.807, 2.05) is 0 Å². The average molecular weight is 318 g/mol. The highest BCUT2D eigenvalue weighted by Gasteiger charge is 2.57. The zero-order chi connectivity index (χ0) is 16.2. The van der Waals surface area contributed by atoms with Gasteiger partial charge in [0, 0.05) is 13.0 Å². The Kier molecular flexibility index (Phi) is 3.81. The van der Waals surface area contributed by atoms with Gasteiger partial charge < -0.3 is 5.32 Å². The van der Waals surface area contributed by atoms with Gasteiger partial charge in [-0.15, -0.1) is 0 Å². The van der Waals surface area contributed by atoms with Crippen LogP contribution in [-0.2, 0) is 4.79 Å². The molecule has 2 heteroatoms. The third kappa shape index (κ3) is 2.46. The van der Waals surface area contributed by atoms with Gasteiger partial charge in [-0.25, -0.2) is 0 Å². The Balaban J connectivity index is 1.53. The summed E-state index contributed by atoms with van der Waals surface area (Å²) in [6, 6.07) is 0.447. The van der Waals surface area contributed by atoms with Gasteiger partial charge in [-0.3, -0.25) is 4.79 Å². The highest BCUT2D eigenvalue weighted by atomic mass is 16.1. The van der Waals surface area contributed by atoms with Crippen molar-refractivity contribution >= 4 is 5.91 Å². The van der Waals surface area contributed by atoms with E-state index in [2.05, 4.69) is 19.2 Å². The lowest BCUT2D eigenvalue weighted by Crippen LogP contribution is -2.54. The summed E-state index contributed by atoms with van der Waals surface area (Å²) in [4.78, 5) is 11.4. The molecule has 4 saturated carbocycles. The molecule has 1 amide bonds. The van der Waals surface area contributed by atoms with Gasteiger partial charge >= 0.3 is 0 Å². The van der Waals surface area contributed by atoms with Crippen LogP contribution in [0, 0.1) is 34.5 Å². The maximum atomic E-state index is 11.4. The van der Waals surface area contributed by atoms with Crippen molar-refractivity contribution < 1.29 is 4.79 Å².